The SMILES string of the molecule is Brc1ccc(CN2[C@@H]3c4ccccc4-c4ccccc4[C@@H]32)cc1. The molecule has 3 aromatic rings. The number of rotatable bonds is 2. The van der Waals surface area contributed by atoms with Crippen LogP contribution in [0.1, 0.15) is 28.8 Å². The van der Waals surface area contributed by atoms with Gasteiger partial charge in [-0.25, -0.2) is 0 Å². The quantitative estimate of drug-likeness (QED) is 0.527. The number of hydrogen-bond donors (Lipinski definition) is 0. The summed E-state index contributed by atoms with van der Waals surface area (Å²) in [6.07, 6.45) is 0. The zero-order valence-corrected chi connectivity index (χ0v) is 14.2. The third kappa shape index (κ3) is 2.09. The molecule has 5 rings (SSSR count). The van der Waals surface area contributed by atoms with Gasteiger partial charge in [0.15, 0.2) is 0 Å². The first-order valence-electron chi connectivity index (χ1n) is 8.01. The van der Waals surface area contributed by atoms with Crippen molar-refractivity contribution >= 4 is 15.9 Å². The largest absolute Gasteiger partial charge is 0.281 e. The summed E-state index contributed by atoms with van der Waals surface area (Å²) in [4.78, 5) is 2.61. The summed E-state index contributed by atoms with van der Waals surface area (Å²) in [6.45, 7) is 1.01. The summed E-state index contributed by atoms with van der Waals surface area (Å²) in [5.41, 5.74) is 7.14. The lowest BCUT2D eigenvalue weighted by molar-refractivity contribution is 0.482. The van der Waals surface area contributed by atoms with E-state index in [1.807, 2.05) is 0 Å². The van der Waals surface area contributed by atoms with E-state index in [1.165, 1.54) is 27.8 Å². The monoisotopic (exact) mass is 361 g/mol. The van der Waals surface area contributed by atoms with Crippen LogP contribution in [0.15, 0.2) is 77.3 Å². The lowest BCUT2D eigenvalue weighted by atomic mass is 9.86. The molecule has 1 fully saturated rings. The average Bonchev–Trinajstić information content (AvgIpc) is 3.32. The molecular formula is C21H16BrN. The van der Waals surface area contributed by atoms with E-state index < -0.39 is 0 Å². The molecule has 2 heteroatoms. The molecule has 0 spiro atoms. The molecule has 2 aliphatic rings. The zero-order valence-electron chi connectivity index (χ0n) is 12.6. The fourth-order valence-corrected chi connectivity index (χ4v) is 4.24. The minimum absolute atomic E-state index is 0.532. The first-order chi connectivity index (χ1) is 11.3. The van der Waals surface area contributed by atoms with Gasteiger partial charge < -0.3 is 0 Å². The van der Waals surface area contributed by atoms with Gasteiger partial charge in [0.2, 0.25) is 0 Å². The highest BCUT2D eigenvalue weighted by Gasteiger charge is 2.53. The van der Waals surface area contributed by atoms with E-state index in [0.717, 1.165) is 11.0 Å². The highest BCUT2D eigenvalue weighted by Crippen LogP contribution is 2.62. The predicted molar refractivity (Wildman–Crippen MR) is 97.0 cm³/mol. The maximum Gasteiger partial charge on any atom is 0.0562 e. The van der Waals surface area contributed by atoms with Gasteiger partial charge in [0.1, 0.15) is 0 Å². The van der Waals surface area contributed by atoms with Crippen molar-refractivity contribution in [2.24, 2.45) is 0 Å². The maximum atomic E-state index is 3.52. The van der Waals surface area contributed by atoms with Crippen LogP contribution in [0.3, 0.4) is 0 Å². The van der Waals surface area contributed by atoms with Crippen molar-refractivity contribution in [3.8, 4) is 11.1 Å². The molecule has 3 aromatic carbocycles. The molecule has 1 heterocycles. The number of hydrogen-bond acceptors (Lipinski definition) is 1. The first kappa shape index (κ1) is 13.5. The minimum Gasteiger partial charge on any atom is -0.281 e. The van der Waals surface area contributed by atoms with Crippen molar-refractivity contribution in [1.29, 1.82) is 0 Å². The Morgan fingerprint density at radius 3 is 1.78 bits per heavy atom. The predicted octanol–water partition coefficient (Wildman–Crippen LogP) is 5.73. The topological polar surface area (TPSA) is 3.01 Å². The standard InChI is InChI=1S/C21H16BrN/c22-15-11-9-14(10-12-15)13-23-20-18-7-3-1-5-16(18)17-6-2-4-8-19(17)21(20)23/h1-12,20-21H,13H2/t20-,21+,23?. The molecule has 0 radical (unpaired) electrons. The van der Waals surface area contributed by atoms with Gasteiger partial charge in [-0.1, -0.05) is 76.6 Å². The molecule has 3 atom stereocenters. The van der Waals surface area contributed by atoms with Crippen LogP contribution in [0.25, 0.3) is 11.1 Å². The summed E-state index contributed by atoms with van der Waals surface area (Å²) in [6, 6.07) is 27.5. The highest BCUT2D eigenvalue weighted by atomic mass is 79.9. The second kappa shape index (κ2) is 5.05. The van der Waals surface area contributed by atoms with Crippen LogP contribution in [-0.2, 0) is 6.54 Å². The fraction of sp³-hybridized carbons (Fsp3) is 0.143. The Hall–Kier alpha value is -1.90. The second-order valence-corrected chi connectivity index (χ2v) is 7.28. The lowest BCUT2D eigenvalue weighted by Crippen LogP contribution is -1.99. The number of benzene rings is 3. The highest BCUT2D eigenvalue weighted by molar-refractivity contribution is 9.10. The third-order valence-electron chi connectivity index (χ3n) is 5.05. The van der Waals surface area contributed by atoms with Crippen molar-refractivity contribution in [2.75, 3.05) is 0 Å². The second-order valence-electron chi connectivity index (χ2n) is 6.36. The van der Waals surface area contributed by atoms with Crippen molar-refractivity contribution in [3.05, 3.63) is 94.0 Å². The molecule has 0 saturated carbocycles. The summed E-state index contributed by atoms with van der Waals surface area (Å²) in [5, 5.41) is 0. The molecule has 1 aliphatic carbocycles. The minimum atomic E-state index is 0.532. The van der Waals surface area contributed by atoms with Gasteiger partial charge in [0, 0.05) is 11.0 Å². The van der Waals surface area contributed by atoms with Crippen molar-refractivity contribution in [1.82, 2.24) is 4.90 Å². The Kier molecular flexibility index (Phi) is 2.97. The van der Waals surface area contributed by atoms with Gasteiger partial charge in [-0.3, -0.25) is 4.90 Å². The molecule has 0 amide bonds. The Bertz CT molecular complexity index is 833. The Morgan fingerprint density at radius 1 is 0.696 bits per heavy atom. The van der Waals surface area contributed by atoms with Crippen molar-refractivity contribution in [2.45, 2.75) is 18.6 Å². The van der Waals surface area contributed by atoms with E-state index in [-0.39, 0.29) is 0 Å². The van der Waals surface area contributed by atoms with E-state index in [1.54, 1.807) is 0 Å². The summed E-state index contributed by atoms with van der Waals surface area (Å²) < 4.78 is 1.14. The van der Waals surface area contributed by atoms with Gasteiger partial charge in [-0.05, 0) is 39.9 Å². The van der Waals surface area contributed by atoms with E-state index in [4.69, 9.17) is 0 Å². The normalized spacial score (nSPS) is 23.6. The number of nitrogens with zero attached hydrogens (tertiary/aromatic N) is 1. The molecule has 23 heavy (non-hydrogen) atoms. The van der Waals surface area contributed by atoms with Crippen LogP contribution in [-0.4, -0.2) is 4.90 Å². The molecule has 1 aliphatic heterocycles. The Balaban J connectivity index is 1.56. The molecule has 0 bridgehead atoms. The zero-order chi connectivity index (χ0) is 15.4. The summed E-state index contributed by atoms with van der Waals surface area (Å²) >= 11 is 3.52. The van der Waals surface area contributed by atoms with E-state index in [2.05, 4.69) is 93.6 Å². The molecule has 0 N–H and O–H groups in total. The van der Waals surface area contributed by atoms with Gasteiger partial charge >= 0.3 is 0 Å². The molecule has 112 valence electrons. The average molecular weight is 362 g/mol. The summed E-state index contributed by atoms with van der Waals surface area (Å²) in [5.74, 6) is 0. The van der Waals surface area contributed by atoms with Crippen molar-refractivity contribution < 1.29 is 0 Å². The lowest BCUT2D eigenvalue weighted by Gasteiger charge is -2.16. The number of fused-ring (bicyclic) bond motifs is 6. The van der Waals surface area contributed by atoms with E-state index >= 15 is 0 Å². The Morgan fingerprint density at radius 2 is 1.22 bits per heavy atom. The van der Waals surface area contributed by atoms with E-state index in [0.29, 0.717) is 12.1 Å². The van der Waals surface area contributed by atoms with Gasteiger partial charge in [0.25, 0.3) is 0 Å². The summed E-state index contributed by atoms with van der Waals surface area (Å²) in [7, 11) is 0. The molecule has 1 nitrogen and oxygen atoms in total. The molecule has 1 unspecified atom stereocenters. The van der Waals surface area contributed by atoms with Crippen LogP contribution < -0.4 is 0 Å². The smallest absolute Gasteiger partial charge is 0.0562 e. The molecular weight excluding hydrogens is 346 g/mol. The van der Waals surface area contributed by atoms with Crippen LogP contribution >= 0.6 is 15.9 Å². The first-order valence-corrected chi connectivity index (χ1v) is 8.80. The number of halogens is 1. The van der Waals surface area contributed by atoms with Crippen LogP contribution in [0.4, 0.5) is 0 Å². The molecule has 1 saturated heterocycles. The Labute approximate surface area is 144 Å². The van der Waals surface area contributed by atoms with Crippen molar-refractivity contribution in [3.63, 3.8) is 0 Å². The fourth-order valence-electron chi connectivity index (χ4n) is 3.97. The van der Waals surface area contributed by atoms with Crippen LogP contribution in [0.5, 0.6) is 0 Å². The van der Waals surface area contributed by atoms with Gasteiger partial charge in [-0.15, -0.1) is 0 Å². The van der Waals surface area contributed by atoms with Crippen LogP contribution in [0, 0.1) is 0 Å². The van der Waals surface area contributed by atoms with Gasteiger partial charge in [-0.2, -0.15) is 0 Å². The van der Waals surface area contributed by atoms with Crippen LogP contribution in [0.2, 0.25) is 0 Å². The third-order valence-corrected chi connectivity index (χ3v) is 5.58. The van der Waals surface area contributed by atoms with E-state index in [9.17, 15) is 0 Å². The molecule has 0 aromatic heterocycles. The maximum absolute atomic E-state index is 3.52. The van der Waals surface area contributed by atoms with Gasteiger partial charge in [0.05, 0.1) is 12.1 Å².